The molecule has 1 aliphatic rings. The van der Waals surface area contributed by atoms with Crippen LogP contribution >= 0.6 is 11.8 Å². The number of aliphatic hydroxyl groups excluding tert-OH is 1. The van der Waals surface area contributed by atoms with Crippen LogP contribution in [0.4, 0.5) is 0 Å². The van der Waals surface area contributed by atoms with Gasteiger partial charge in [-0.3, -0.25) is 5.10 Å². The van der Waals surface area contributed by atoms with E-state index < -0.39 is 0 Å². The van der Waals surface area contributed by atoms with Gasteiger partial charge in [0.15, 0.2) is 5.16 Å². The van der Waals surface area contributed by atoms with Crippen molar-refractivity contribution in [3.63, 3.8) is 0 Å². The summed E-state index contributed by atoms with van der Waals surface area (Å²) in [4.78, 5) is 4.12. The second kappa shape index (κ2) is 5.16. The molecule has 0 aromatic carbocycles. The van der Waals surface area contributed by atoms with E-state index in [0.717, 1.165) is 24.4 Å². The maximum atomic E-state index is 9.48. The second-order valence-corrected chi connectivity index (χ2v) is 5.60. The van der Waals surface area contributed by atoms with Gasteiger partial charge in [0.25, 0.3) is 0 Å². The molecule has 1 saturated carbocycles. The zero-order chi connectivity index (χ0) is 11.4. The van der Waals surface area contributed by atoms with Crippen LogP contribution in [-0.4, -0.2) is 44.7 Å². The van der Waals surface area contributed by atoms with E-state index in [1.54, 1.807) is 11.8 Å². The van der Waals surface area contributed by atoms with E-state index in [0.29, 0.717) is 5.25 Å². The fourth-order valence-corrected chi connectivity index (χ4v) is 3.48. The molecule has 0 saturated heterocycles. The van der Waals surface area contributed by atoms with Crippen LogP contribution in [0.25, 0.3) is 0 Å². The average Bonchev–Trinajstić information content (AvgIpc) is 2.82. The van der Waals surface area contributed by atoms with Crippen LogP contribution in [0.15, 0.2) is 11.5 Å². The van der Waals surface area contributed by atoms with Gasteiger partial charge in [0.1, 0.15) is 6.33 Å². The topological polar surface area (TPSA) is 73.8 Å². The molecule has 0 bridgehead atoms. The van der Waals surface area contributed by atoms with Crippen LogP contribution < -0.4 is 5.32 Å². The van der Waals surface area contributed by atoms with E-state index in [1.165, 1.54) is 12.7 Å². The molecular weight excluding hydrogens is 224 g/mol. The van der Waals surface area contributed by atoms with Gasteiger partial charge in [-0.25, -0.2) is 4.98 Å². The molecule has 16 heavy (non-hydrogen) atoms. The van der Waals surface area contributed by atoms with Crippen molar-refractivity contribution in [2.45, 2.75) is 41.6 Å². The number of hydrogen-bond acceptors (Lipinski definition) is 5. The van der Waals surface area contributed by atoms with E-state index in [-0.39, 0.29) is 12.1 Å². The Morgan fingerprint density at radius 1 is 1.75 bits per heavy atom. The number of hydrogen-bond donors (Lipinski definition) is 3. The minimum Gasteiger partial charge on any atom is -0.394 e. The van der Waals surface area contributed by atoms with Gasteiger partial charge in [0.2, 0.25) is 0 Å². The molecule has 90 valence electrons. The molecule has 1 aliphatic carbocycles. The maximum absolute atomic E-state index is 9.48. The number of aromatic nitrogens is 3. The molecule has 1 aromatic rings. The predicted octanol–water partition coefficient (Wildman–Crippen LogP) is 0.790. The zero-order valence-electron chi connectivity index (χ0n) is 9.44. The number of likely N-dealkylation sites (N-methyl/N-ethyl adjacent to an activating group) is 1. The fraction of sp³-hybridized carbons (Fsp3) is 0.800. The third-order valence-electron chi connectivity index (χ3n) is 3.30. The molecule has 1 aromatic heterocycles. The van der Waals surface area contributed by atoms with Gasteiger partial charge in [-0.2, -0.15) is 5.10 Å². The highest BCUT2D eigenvalue weighted by Gasteiger charge is 2.35. The molecule has 1 heterocycles. The van der Waals surface area contributed by atoms with Crippen LogP contribution in [-0.2, 0) is 0 Å². The predicted molar refractivity (Wildman–Crippen MR) is 63.4 cm³/mol. The lowest BCUT2D eigenvalue weighted by atomic mass is 9.82. The Hall–Kier alpha value is -0.590. The Morgan fingerprint density at radius 3 is 3.25 bits per heavy atom. The summed E-state index contributed by atoms with van der Waals surface area (Å²) in [5.74, 6) is 0. The van der Waals surface area contributed by atoms with Crippen molar-refractivity contribution >= 4 is 11.8 Å². The number of H-pyrrole nitrogens is 1. The molecule has 3 N–H and O–H groups in total. The van der Waals surface area contributed by atoms with E-state index >= 15 is 0 Å². The first-order valence-corrected chi connectivity index (χ1v) is 6.48. The monoisotopic (exact) mass is 242 g/mol. The van der Waals surface area contributed by atoms with E-state index in [4.69, 9.17) is 0 Å². The van der Waals surface area contributed by atoms with Gasteiger partial charge >= 0.3 is 0 Å². The lowest BCUT2D eigenvalue weighted by Crippen LogP contribution is -2.50. The van der Waals surface area contributed by atoms with Crippen LogP contribution in [0.5, 0.6) is 0 Å². The van der Waals surface area contributed by atoms with Crippen LogP contribution in [0.2, 0.25) is 0 Å². The highest BCUT2D eigenvalue weighted by atomic mass is 32.2. The van der Waals surface area contributed by atoms with Crippen molar-refractivity contribution in [2.75, 3.05) is 13.7 Å². The van der Waals surface area contributed by atoms with Gasteiger partial charge in [0, 0.05) is 10.8 Å². The number of rotatable bonds is 4. The summed E-state index contributed by atoms with van der Waals surface area (Å²) in [6.07, 6.45) is 5.88. The zero-order valence-corrected chi connectivity index (χ0v) is 10.3. The summed E-state index contributed by atoms with van der Waals surface area (Å²) in [5.41, 5.74) is -0.101. The van der Waals surface area contributed by atoms with Crippen LogP contribution in [0.1, 0.15) is 25.7 Å². The van der Waals surface area contributed by atoms with E-state index in [9.17, 15) is 5.11 Å². The molecule has 6 heteroatoms. The summed E-state index contributed by atoms with van der Waals surface area (Å²) >= 11 is 1.72. The molecule has 1 fully saturated rings. The molecule has 0 aliphatic heterocycles. The lowest BCUT2D eigenvalue weighted by molar-refractivity contribution is 0.131. The van der Waals surface area contributed by atoms with Gasteiger partial charge in [-0.15, -0.1) is 0 Å². The standard InChI is InChI=1S/C10H18N4OS/c1-11-10(6-15)4-2-3-8(5-10)16-9-12-7-13-14-9/h7-8,11,15H,2-6H2,1H3,(H,12,13,14). The SMILES string of the molecule is CNC1(CO)CCCC(Sc2ncn[nH]2)C1. The number of thioether (sulfide) groups is 1. The third-order valence-corrected chi connectivity index (χ3v) is 4.46. The highest BCUT2D eigenvalue weighted by Crippen LogP contribution is 2.36. The minimum absolute atomic E-state index is 0.101. The molecule has 0 spiro atoms. The van der Waals surface area contributed by atoms with Crippen molar-refractivity contribution in [2.24, 2.45) is 0 Å². The highest BCUT2D eigenvalue weighted by molar-refractivity contribution is 7.99. The second-order valence-electron chi connectivity index (χ2n) is 4.32. The molecular formula is C10H18N4OS. The minimum atomic E-state index is -0.101. The van der Waals surface area contributed by atoms with Crippen molar-refractivity contribution < 1.29 is 5.11 Å². The first kappa shape index (κ1) is 11.9. The Kier molecular flexibility index (Phi) is 3.83. The van der Waals surface area contributed by atoms with Crippen LogP contribution in [0, 0.1) is 0 Å². The molecule has 2 atom stereocenters. The quantitative estimate of drug-likeness (QED) is 0.728. The largest absolute Gasteiger partial charge is 0.394 e. The number of aromatic amines is 1. The summed E-state index contributed by atoms with van der Waals surface area (Å²) in [6.45, 7) is 0.205. The van der Waals surface area contributed by atoms with Gasteiger partial charge in [-0.05, 0) is 26.3 Å². The van der Waals surface area contributed by atoms with E-state index in [2.05, 4.69) is 20.5 Å². The Morgan fingerprint density at radius 2 is 2.62 bits per heavy atom. The van der Waals surface area contributed by atoms with Crippen molar-refractivity contribution in [3.05, 3.63) is 6.33 Å². The first-order valence-electron chi connectivity index (χ1n) is 5.60. The van der Waals surface area contributed by atoms with Gasteiger partial charge in [-0.1, -0.05) is 18.2 Å². The van der Waals surface area contributed by atoms with Crippen LogP contribution in [0.3, 0.4) is 0 Å². The van der Waals surface area contributed by atoms with Crippen molar-refractivity contribution in [3.8, 4) is 0 Å². The molecule has 5 nitrogen and oxygen atoms in total. The summed E-state index contributed by atoms with van der Waals surface area (Å²) in [7, 11) is 1.93. The molecule has 0 radical (unpaired) electrons. The summed E-state index contributed by atoms with van der Waals surface area (Å²) in [5, 5.41) is 20.8. The molecule has 0 amide bonds. The maximum Gasteiger partial charge on any atom is 0.183 e. The molecule has 2 unspecified atom stereocenters. The number of nitrogens with one attached hydrogen (secondary N) is 2. The Balaban J connectivity index is 1.96. The normalized spacial score (nSPS) is 30.5. The van der Waals surface area contributed by atoms with Gasteiger partial charge < -0.3 is 10.4 Å². The number of nitrogens with zero attached hydrogens (tertiary/aromatic N) is 2. The number of aliphatic hydroxyl groups is 1. The smallest absolute Gasteiger partial charge is 0.183 e. The average molecular weight is 242 g/mol. The van der Waals surface area contributed by atoms with Gasteiger partial charge in [0.05, 0.1) is 6.61 Å². The fourth-order valence-electron chi connectivity index (χ4n) is 2.27. The van der Waals surface area contributed by atoms with Crippen molar-refractivity contribution in [1.82, 2.24) is 20.5 Å². The Bertz CT molecular complexity index is 313. The van der Waals surface area contributed by atoms with Crippen molar-refractivity contribution in [1.29, 1.82) is 0 Å². The first-order chi connectivity index (χ1) is 7.78. The molecule has 2 rings (SSSR count). The summed E-state index contributed by atoms with van der Waals surface area (Å²) in [6, 6.07) is 0. The summed E-state index contributed by atoms with van der Waals surface area (Å²) < 4.78 is 0. The lowest BCUT2D eigenvalue weighted by Gasteiger charge is -2.39. The Labute approximate surface area is 99.4 Å². The third kappa shape index (κ3) is 2.56. The van der Waals surface area contributed by atoms with E-state index in [1.807, 2.05) is 7.05 Å².